The minimum absolute atomic E-state index is 0.0664. The lowest BCUT2D eigenvalue weighted by atomic mass is 10.2. The highest BCUT2D eigenvalue weighted by molar-refractivity contribution is 6.18. The molecule has 1 heterocycles. The van der Waals surface area contributed by atoms with Crippen molar-refractivity contribution in [2.45, 2.75) is 6.54 Å². The number of esters is 1. The zero-order valence-electron chi connectivity index (χ0n) is 13.9. The van der Waals surface area contributed by atoms with Gasteiger partial charge in [0.1, 0.15) is 13.3 Å². The zero-order chi connectivity index (χ0) is 18.7. The first kappa shape index (κ1) is 21.6. The molecule has 0 atom stereocenters. The summed E-state index contributed by atoms with van der Waals surface area (Å²) in [6, 6.07) is 3.08. The minimum atomic E-state index is -0.732. The second-order valence-electron chi connectivity index (χ2n) is 5.07. The number of aromatic nitrogens is 1. The van der Waals surface area contributed by atoms with Crippen LogP contribution in [0.5, 0.6) is 0 Å². The Kier molecular flexibility index (Phi) is 10.3. The van der Waals surface area contributed by atoms with Gasteiger partial charge < -0.3 is 15.0 Å². The molecular weight excluding hydrogens is 374 g/mol. The standard InChI is InChI=1S/C15H21Cl2FN4O3/c1-21(17)5-6-22(11-16)14(23)10-19-9-13-8-12(2-4-20-13)15(24)25-7-3-18/h2,4,8,19H,3,5-7,9-11H2,1H3. The van der Waals surface area contributed by atoms with Crippen molar-refractivity contribution >= 4 is 35.3 Å². The van der Waals surface area contributed by atoms with Gasteiger partial charge in [-0.25, -0.2) is 13.6 Å². The first-order valence-electron chi connectivity index (χ1n) is 7.57. The van der Waals surface area contributed by atoms with E-state index in [0.717, 1.165) is 0 Å². The molecule has 0 bridgehead atoms. The van der Waals surface area contributed by atoms with Crippen LogP contribution in [-0.2, 0) is 16.1 Å². The van der Waals surface area contributed by atoms with Crippen LogP contribution in [0.25, 0.3) is 0 Å². The summed E-state index contributed by atoms with van der Waals surface area (Å²) in [5.74, 6) is -0.789. The normalized spacial score (nSPS) is 10.8. The van der Waals surface area contributed by atoms with Crippen LogP contribution in [0.3, 0.4) is 0 Å². The predicted molar refractivity (Wildman–Crippen MR) is 93.1 cm³/mol. The molecule has 0 aliphatic carbocycles. The summed E-state index contributed by atoms with van der Waals surface area (Å²) in [6.45, 7) is 0.236. The molecule has 10 heteroatoms. The molecule has 1 aromatic heterocycles. The number of nitrogens with zero attached hydrogens (tertiary/aromatic N) is 3. The molecule has 0 spiro atoms. The second kappa shape index (κ2) is 12.0. The fraction of sp³-hybridized carbons (Fsp3) is 0.533. The Morgan fingerprint density at radius 3 is 2.80 bits per heavy atom. The monoisotopic (exact) mass is 394 g/mol. The number of ether oxygens (including phenoxy) is 1. The number of likely N-dealkylation sites (N-methyl/N-ethyl adjacent to an activating group) is 1. The average molecular weight is 395 g/mol. The maximum Gasteiger partial charge on any atom is 0.338 e. The molecule has 0 unspecified atom stereocenters. The van der Waals surface area contributed by atoms with Gasteiger partial charge in [-0.15, -0.1) is 11.6 Å². The minimum Gasteiger partial charge on any atom is -0.459 e. The van der Waals surface area contributed by atoms with Crippen LogP contribution in [0.15, 0.2) is 18.3 Å². The van der Waals surface area contributed by atoms with Gasteiger partial charge in [0.15, 0.2) is 0 Å². The Bertz CT molecular complexity index is 563. The van der Waals surface area contributed by atoms with Crippen LogP contribution < -0.4 is 5.32 Å². The molecular formula is C15H21Cl2FN4O3. The van der Waals surface area contributed by atoms with Crippen molar-refractivity contribution in [3.05, 3.63) is 29.6 Å². The molecule has 0 saturated heterocycles. The van der Waals surface area contributed by atoms with Crippen LogP contribution in [0.4, 0.5) is 4.39 Å². The molecule has 7 nitrogen and oxygen atoms in total. The summed E-state index contributed by atoms with van der Waals surface area (Å²) >= 11 is 11.5. The molecule has 0 fully saturated rings. The summed E-state index contributed by atoms with van der Waals surface area (Å²) in [6.07, 6.45) is 1.45. The highest BCUT2D eigenvalue weighted by Gasteiger charge is 2.13. The van der Waals surface area contributed by atoms with Gasteiger partial charge in [-0.05, 0) is 23.9 Å². The number of halogens is 3. The van der Waals surface area contributed by atoms with Gasteiger partial charge in [0.05, 0.1) is 23.8 Å². The van der Waals surface area contributed by atoms with Crippen LogP contribution in [0.2, 0.25) is 0 Å². The number of hydrogen-bond donors (Lipinski definition) is 1. The molecule has 1 rings (SSSR count). The highest BCUT2D eigenvalue weighted by Crippen LogP contribution is 2.04. The number of rotatable bonds is 11. The van der Waals surface area contributed by atoms with E-state index in [0.29, 0.717) is 18.8 Å². The summed E-state index contributed by atoms with van der Waals surface area (Å²) in [5, 5.41) is 2.94. The third-order valence-corrected chi connectivity index (χ3v) is 3.58. The number of amides is 1. The van der Waals surface area contributed by atoms with Crippen molar-refractivity contribution < 1.29 is 18.7 Å². The number of carbonyl (C=O) groups is 2. The number of carbonyl (C=O) groups excluding carboxylic acids is 2. The van der Waals surface area contributed by atoms with Gasteiger partial charge in [-0.3, -0.25) is 9.78 Å². The van der Waals surface area contributed by atoms with Crippen molar-refractivity contribution in [2.75, 3.05) is 46.0 Å². The lowest BCUT2D eigenvalue weighted by molar-refractivity contribution is -0.129. The molecule has 0 aliphatic heterocycles. The topological polar surface area (TPSA) is 74.8 Å². The summed E-state index contributed by atoms with van der Waals surface area (Å²) in [7, 11) is 1.69. The average Bonchev–Trinajstić information content (AvgIpc) is 2.60. The molecule has 1 N–H and O–H groups in total. The molecule has 0 saturated carbocycles. The summed E-state index contributed by atoms with van der Waals surface area (Å²) < 4.78 is 18.2. The Morgan fingerprint density at radius 1 is 1.40 bits per heavy atom. The molecule has 0 aromatic carbocycles. The lowest BCUT2D eigenvalue weighted by Crippen LogP contribution is -2.40. The van der Waals surface area contributed by atoms with Crippen LogP contribution in [0, 0.1) is 0 Å². The van der Waals surface area contributed by atoms with E-state index in [1.165, 1.54) is 27.6 Å². The first-order valence-corrected chi connectivity index (χ1v) is 8.44. The van der Waals surface area contributed by atoms with Gasteiger partial charge in [0.25, 0.3) is 0 Å². The number of hydrogen-bond acceptors (Lipinski definition) is 6. The van der Waals surface area contributed by atoms with Crippen molar-refractivity contribution in [3.8, 4) is 0 Å². The fourth-order valence-electron chi connectivity index (χ4n) is 1.84. The van der Waals surface area contributed by atoms with Crippen LogP contribution in [0.1, 0.15) is 16.1 Å². The number of nitrogens with one attached hydrogen (secondary N) is 1. The molecule has 1 aromatic rings. The number of pyridine rings is 1. The quantitative estimate of drug-likeness (QED) is 0.264. The van der Waals surface area contributed by atoms with E-state index in [1.54, 1.807) is 7.05 Å². The Morgan fingerprint density at radius 2 is 2.16 bits per heavy atom. The first-order chi connectivity index (χ1) is 12.0. The predicted octanol–water partition coefficient (Wildman–Crippen LogP) is 1.41. The van der Waals surface area contributed by atoms with E-state index in [9.17, 15) is 14.0 Å². The SMILES string of the molecule is CN(Cl)CCN(CCl)C(=O)CNCc1cc(C(=O)OCCF)ccn1. The Labute approximate surface area is 156 Å². The van der Waals surface area contributed by atoms with Crippen LogP contribution >= 0.6 is 23.4 Å². The third-order valence-electron chi connectivity index (χ3n) is 3.12. The zero-order valence-corrected chi connectivity index (χ0v) is 15.4. The van der Waals surface area contributed by atoms with Crippen molar-refractivity contribution in [3.63, 3.8) is 0 Å². The second-order valence-corrected chi connectivity index (χ2v) is 5.89. The Hall–Kier alpha value is -1.48. The fourth-order valence-corrected chi connectivity index (χ4v) is 2.16. The maximum absolute atomic E-state index is 12.1. The van der Waals surface area contributed by atoms with Crippen molar-refractivity contribution in [1.82, 2.24) is 19.6 Å². The number of alkyl halides is 2. The summed E-state index contributed by atoms with van der Waals surface area (Å²) in [4.78, 5) is 29.3. The third kappa shape index (κ3) is 8.44. The van der Waals surface area contributed by atoms with Crippen LogP contribution in [-0.4, -0.2) is 72.1 Å². The lowest BCUT2D eigenvalue weighted by Gasteiger charge is -2.21. The molecule has 25 heavy (non-hydrogen) atoms. The van der Waals surface area contributed by atoms with E-state index < -0.39 is 12.6 Å². The smallest absolute Gasteiger partial charge is 0.338 e. The van der Waals surface area contributed by atoms with E-state index in [-0.39, 0.29) is 37.2 Å². The van der Waals surface area contributed by atoms with Gasteiger partial charge in [0.2, 0.25) is 5.91 Å². The molecule has 140 valence electrons. The largest absolute Gasteiger partial charge is 0.459 e. The van der Waals surface area contributed by atoms with E-state index in [4.69, 9.17) is 28.1 Å². The van der Waals surface area contributed by atoms with Crippen molar-refractivity contribution in [1.29, 1.82) is 0 Å². The highest BCUT2D eigenvalue weighted by atomic mass is 35.5. The Balaban J connectivity index is 2.47. The maximum atomic E-state index is 12.1. The van der Waals surface area contributed by atoms with Gasteiger partial charge >= 0.3 is 5.97 Å². The van der Waals surface area contributed by atoms with E-state index in [2.05, 4.69) is 10.3 Å². The molecule has 0 aliphatic rings. The molecule has 1 amide bonds. The van der Waals surface area contributed by atoms with Gasteiger partial charge in [-0.2, -0.15) is 0 Å². The van der Waals surface area contributed by atoms with E-state index >= 15 is 0 Å². The van der Waals surface area contributed by atoms with E-state index in [1.807, 2.05) is 0 Å². The van der Waals surface area contributed by atoms with Crippen molar-refractivity contribution in [2.24, 2.45) is 0 Å². The van der Waals surface area contributed by atoms with Gasteiger partial charge in [0, 0.05) is 32.9 Å². The molecule has 0 radical (unpaired) electrons. The summed E-state index contributed by atoms with van der Waals surface area (Å²) in [5.41, 5.74) is 0.833. The van der Waals surface area contributed by atoms with Gasteiger partial charge in [-0.1, -0.05) is 0 Å².